The van der Waals surface area contributed by atoms with Crippen LogP contribution >= 0.6 is 0 Å². The molecule has 0 bridgehead atoms. The van der Waals surface area contributed by atoms with E-state index in [1.54, 1.807) is 58.7 Å². The summed E-state index contributed by atoms with van der Waals surface area (Å²) in [6, 6.07) is 5.22. The van der Waals surface area contributed by atoms with Crippen LogP contribution in [0.2, 0.25) is 0 Å². The van der Waals surface area contributed by atoms with Gasteiger partial charge in [-0.1, -0.05) is 13.0 Å². The monoisotopic (exact) mass is 319 g/mol. The maximum absolute atomic E-state index is 10.9. The first-order valence-electron chi connectivity index (χ1n) is 6.39. The summed E-state index contributed by atoms with van der Waals surface area (Å²) in [4.78, 5) is 9.89. The van der Waals surface area contributed by atoms with E-state index in [-0.39, 0.29) is 6.54 Å². The molecule has 0 aliphatic heterocycles. The molecule has 0 fully saturated rings. The maximum atomic E-state index is 10.9. The Morgan fingerprint density at radius 3 is 1.95 bits per heavy atom. The molecule has 0 spiro atoms. The van der Waals surface area contributed by atoms with Crippen LogP contribution in [0.15, 0.2) is 30.6 Å². The van der Waals surface area contributed by atoms with Crippen molar-refractivity contribution in [3.8, 4) is 0 Å². The first-order valence-corrected chi connectivity index (χ1v) is 7.90. The minimum Gasteiger partial charge on any atom is -0.544 e. The highest BCUT2D eigenvalue weighted by atomic mass is 32.2. The Labute approximate surface area is 125 Å². The van der Waals surface area contributed by atoms with Crippen LogP contribution in [-0.4, -0.2) is 51.1 Å². The van der Waals surface area contributed by atoms with E-state index >= 15 is 0 Å². The second kappa shape index (κ2) is 8.06. The molecule has 1 N–H and O–H groups in total. The summed E-state index contributed by atoms with van der Waals surface area (Å²) in [7, 11) is 1.40. The average Bonchev–Trinajstić information content (AvgIpc) is 2.26. The zero-order valence-corrected chi connectivity index (χ0v) is 13.6. The van der Waals surface area contributed by atoms with Crippen LogP contribution in [0, 0.1) is 0 Å². The molecule has 120 valence electrons. The van der Waals surface area contributed by atoms with Gasteiger partial charge in [0.15, 0.2) is 12.4 Å². The molecule has 21 heavy (non-hydrogen) atoms. The molecule has 0 amide bonds. The summed E-state index contributed by atoms with van der Waals surface area (Å²) in [5.41, 5.74) is 0. The number of likely N-dealkylation sites (N-methyl/N-ethyl adjacent to an activating group) is 1. The number of rotatable bonds is 5. The van der Waals surface area contributed by atoms with Crippen molar-refractivity contribution >= 4 is 16.1 Å². The van der Waals surface area contributed by atoms with Gasteiger partial charge >= 0.3 is 10.1 Å². The lowest BCUT2D eigenvalue weighted by Gasteiger charge is -2.23. The normalized spacial score (nSPS) is 13.0. The van der Waals surface area contributed by atoms with Crippen molar-refractivity contribution in [1.29, 1.82) is 0 Å². The fourth-order valence-electron chi connectivity index (χ4n) is 1.57. The van der Waals surface area contributed by atoms with E-state index in [1.807, 2.05) is 0 Å². The largest absolute Gasteiger partial charge is 0.544 e. The van der Waals surface area contributed by atoms with Crippen molar-refractivity contribution in [3.63, 3.8) is 0 Å². The Bertz CT molecular complexity index is 537. The molecule has 8 heteroatoms. The topological polar surface area (TPSA) is 98.4 Å². The van der Waals surface area contributed by atoms with Crippen molar-refractivity contribution in [2.24, 2.45) is 0 Å². The van der Waals surface area contributed by atoms with E-state index in [0.29, 0.717) is 10.9 Å². The highest BCUT2D eigenvalue weighted by Crippen LogP contribution is 2.08. The number of quaternary nitrogens is 1. The van der Waals surface area contributed by atoms with Gasteiger partial charge in [0, 0.05) is 18.6 Å². The van der Waals surface area contributed by atoms with Gasteiger partial charge in [-0.15, -0.1) is 0 Å². The van der Waals surface area contributed by atoms with Crippen LogP contribution in [0.5, 0.6) is 0 Å². The smallest absolute Gasteiger partial charge is 0.329 e. The van der Waals surface area contributed by atoms with Gasteiger partial charge in [0.2, 0.25) is 0 Å². The minimum absolute atomic E-state index is 0.0694. The number of carbonyl (C=O) groups excluding carboxylic acids is 1. The lowest BCUT2D eigenvalue weighted by Crippen LogP contribution is -2.45. The predicted octanol–water partition coefficient (Wildman–Crippen LogP) is -0.787. The Balaban J connectivity index is 0.000000433. The maximum Gasteiger partial charge on any atom is 0.329 e. The highest BCUT2D eigenvalue weighted by Gasteiger charge is 2.29. The van der Waals surface area contributed by atoms with E-state index in [4.69, 9.17) is 4.55 Å². The summed E-state index contributed by atoms with van der Waals surface area (Å²) in [5, 5.41) is 9.01. The molecular formula is C13H23N2O5S+. The molecule has 7 nitrogen and oxygen atoms in total. The van der Waals surface area contributed by atoms with Crippen molar-refractivity contribution in [3.05, 3.63) is 30.6 Å². The SMILES string of the molecule is CCC([n+]1ccccc1)S(=O)(=O)O.C[N+](C)(C)CC(=O)[O-]. The van der Waals surface area contributed by atoms with Crippen LogP contribution in [0.25, 0.3) is 0 Å². The molecule has 0 saturated heterocycles. The fraction of sp³-hybridized carbons (Fsp3) is 0.538. The van der Waals surface area contributed by atoms with Crippen molar-refractivity contribution < 1.29 is 31.9 Å². The molecule has 0 aromatic carbocycles. The van der Waals surface area contributed by atoms with E-state index in [0.717, 1.165) is 0 Å². The van der Waals surface area contributed by atoms with Gasteiger partial charge < -0.3 is 14.4 Å². The number of carbonyl (C=O) groups is 1. The summed E-state index contributed by atoms with van der Waals surface area (Å²) in [6.07, 6.45) is 3.57. The van der Waals surface area contributed by atoms with Crippen LogP contribution < -0.4 is 9.67 Å². The second-order valence-electron chi connectivity index (χ2n) is 5.52. The van der Waals surface area contributed by atoms with Crippen LogP contribution in [-0.2, 0) is 14.9 Å². The molecule has 0 aliphatic carbocycles. The van der Waals surface area contributed by atoms with Crippen LogP contribution in [0.1, 0.15) is 18.7 Å². The lowest BCUT2D eigenvalue weighted by molar-refractivity contribution is -0.864. The molecule has 1 unspecified atom stereocenters. The number of aromatic nitrogens is 1. The van der Waals surface area contributed by atoms with Crippen LogP contribution in [0.4, 0.5) is 0 Å². The molecule has 0 aliphatic rings. The third kappa shape index (κ3) is 9.11. The molecule has 0 saturated carbocycles. The zero-order chi connectivity index (χ0) is 16.7. The number of hydrogen-bond acceptors (Lipinski definition) is 4. The Hall–Kier alpha value is -1.51. The number of aliphatic carboxylic acids is 1. The molecule has 1 atom stereocenters. The van der Waals surface area contributed by atoms with Crippen LogP contribution in [0.3, 0.4) is 0 Å². The van der Waals surface area contributed by atoms with Gasteiger partial charge in [-0.25, -0.2) is 0 Å². The summed E-state index contributed by atoms with van der Waals surface area (Å²) < 4.78 is 32.6. The van der Waals surface area contributed by atoms with Gasteiger partial charge in [-0.3, -0.25) is 4.55 Å². The summed E-state index contributed by atoms with van der Waals surface area (Å²) in [6.45, 7) is 1.78. The third-order valence-corrected chi connectivity index (χ3v) is 3.63. The van der Waals surface area contributed by atoms with Gasteiger partial charge in [0.05, 0.1) is 27.1 Å². The third-order valence-electron chi connectivity index (χ3n) is 2.37. The van der Waals surface area contributed by atoms with Crippen molar-refractivity contribution in [1.82, 2.24) is 0 Å². The van der Waals surface area contributed by atoms with Crippen molar-refractivity contribution in [2.75, 3.05) is 27.7 Å². The van der Waals surface area contributed by atoms with E-state index < -0.39 is 21.5 Å². The van der Waals surface area contributed by atoms with E-state index in [1.165, 1.54) is 4.57 Å². The second-order valence-corrected chi connectivity index (χ2v) is 7.10. The van der Waals surface area contributed by atoms with Gasteiger partial charge in [-0.2, -0.15) is 13.0 Å². The van der Waals surface area contributed by atoms with Gasteiger partial charge in [0.25, 0.3) is 5.37 Å². The highest BCUT2D eigenvalue weighted by molar-refractivity contribution is 7.85. The lowest BCUT2D eigenvalue weighted by atomic mass is 10.4. The summed E-state index contributed by atoms with van der Waals surface area (Å²) in [5.74, 6) is -1.00. The first kappa shape index (κ1) is 19.5. The average molecular weight is 319 g/mol. The zero-order valence-electron chi connectivity index (χ0n) is 12.8. The van der Waals surface area contributed by atoms with Crippen molar-refractivity contribution in [2.45, 2.75) is 18.7 Å². The number of pyridine rings is 1. The van der Waals surface area contributed by atoms with Gasteiger partial charge in [-0.05, 0) is 0 Å². The quantitative estimate of drug-likeness (QED) is 0.436. The number of carboxylic acids is 1. The Morgan fingerprint density at radius 1 is 1.24 bits per heavy atom. The fourth-order valence-corrected chi connectivity index (χ4v) is 2.44. The Kier molecular flexibility index (Phi) is 7.48. The first-order chi connectivity index (χ1) is 9.47. The predicted molar refractivity (Wildman–Crippen MR) is 75.4 cm³/mol. The molecule has 1 aromatic heterocycles. The molecule has 0 radical (unpaired) electrons. The van der Waals surface area contributed by atoms with Gasteiger partial charge in [0.1, 0.15) is 6.54 Å². The number of carboxylic acid groups (broad SMARTS) is 1. The van der Waals surface area contributed by atoms with E-state index in [9.17, 15) is 18.3 Å². The number of hydrogen-bond donors (Lipinski definition) is 1. The molecule has 1 heterocycles. The Morgan fingerprint density at radius 2 is 1.71 bits per heavy atom. The number of nitrogens with zero attached hydrogens (tertiary/aromatic N) is 2. The molecular weight excluding hydrogens is 296 g/mol. The standard InChI is InChI=1S/C8H11NO3S.C5H11NO2/c1-2-8(13(10,11)12)9-6-4-3-5-7-9;1-6(2,3)4-5(7)8/h3-8H,2H2,1H3;4H2,1-3H3/p+1. The molecule has 1 aromatic rings. The summed E-state index contributed by atoms with van der Waals surface area (Å²) >= 11 is 0. The van der Waals surface area contributed by atoms with E-state index in [2.05, 4.69) is 0 Å². The minimum atomic E-state index is -4.01. The molecule has 1 rings (SSSR count).